The number of piperazine rings is 1. The zero-order valence-electron chi connectivity index (χ0n) is 19.7. The Bertz CT molecular complexity index is 1190. The molecule has 1 aliphatic rings. The van der Waals surface area contributed by atoms with Gasteiger partial charge in [-0.25, -0.2) is 0 Å². The van der Waals surface area contributed by atoms with Gasteiger partial charge in [0, 0.05) is 25.5 Å². The monoisotopic (exact) mass is 443 g/mol. The van der Waals surface area contributed by atoms with Crippen LogP contribution in [0, 0.1) is 13.8 Å². The second kappa shape index (κ2) is 8.98. The molecule has 0 N–H and O–H groups in total. The molecule has 6 heteroatoms. The normalized spacial score (nSPS) is 16.2. The van der Waals surface area contributed by atoms with Crippen LogP contribution in [-0.2, 0) is 9.59 Å². The van der Waals surface area contributed by atoms with Crippen LogP contribution in [0.5, 0.6) is 5.75 Å². The Balaban J connectivity index is 1.86. The average Bonchev–Trinajstić information content (AvgIpc) is 2.82. The number of amides is 2. The Hall–Kier alpha value is -3.80. The van der Waals surface area contributed by atoms with Gasteiger partial charge in [-0.2, -0.15) is 0 Å². The van der Waals surface area contributed by atoms with Crippen LogP contribution in [0.2, 0.25) is 0 Å². The van der Waals surface area contributed by atoms with E-state index < -0.39 is 6.04 Å². The lowest BCUT2D eigenvalue weighted by Crippen LogP contribution is -2.56. The molecule has 0 bridgehead atoms. The highest BCUT2D eigenvalue weighted by molar-refractivity contribution is 6.15. The summed E-state index contributed by atoms with van der Waals surface area (Å²) in [5, 5.41) is 0. The lowest BCUT2D eigenvalue weighted by atomic mass is 9.97. The predicted molar refractivity (Wildman–Crippen MR) is 132 cm³/mol. The summed E-state index contributed by atoms with van der Waals surface area (Å²) in [6.07, 6.45) is 0. The van der Waals surface area contributed by atoms with Crippen LogP contribution in [0.1, 0.15) is 22.7 Å². The molecule has 1 atom stereocenters. The second-order valence-electron chi connectivity index (χ2n) is 8.47. The van der Waals surface area contributed by atoms with Crippen LogP contribution < -0.4 is 19.4 Å². The standard InChI is InChI=1S/C27H29N3O3/c1-18-9-8-11-22(19(18)2)29-17-25(31)30(23-10-6-7-12-24(23)33-5)26(27(29)32)20-13-15-21(16-14-20)28(3)4/h6-16,26H,17H2,1-5H3. The maximum Gasteiger partial charge on any atom is 0.255 e. The molecule has 0 aromatic heterocycles. The molecule has 0 radical (unpaired) electrons. The fourth-order valence-electron chi connectivity index (χ4n) is 4.27. The Morgan fingerprint density at radius 2 is 1.55 bits per heavy atom. The van der Waals surface area contributed by atoms with E-state index >= 15 is 0 Å². The zero-order chi connectivity index (χ0) is 23.7. The van der Waals surface area contributed by atoms with Crippen molar-refractivity contribution in [3.8, 4) is 5.75 Å². The lowest BCUT2D eigenvalue weighted by molar-refractivity contribution is -0.128. The molecular formula is C27H29N3O3. The van der Waals surface area contributed by atoms with Crippen molar-refractivity contribution in [1.82, 2.24) is 0 Å². The average molecular weight is 444 g/mol. The number of anilines is 3. The third-order valence-corrected chi connectivity index (χ3v) is 6.26. The molecular weight excluding hydrogens is 414 g/mol. The quantitative estimate of drug-likeness (QED) is 0.583. The molecule has 170 valence electrons. The summed E-state index contributed by atoms with van der Waals surface area (Å²) in [7, 11) is 5.50. The molecule has 3 aromatic carbocycles. The highest BCUT2D eigenvalue weighted by Gasteiger charge is 2.43. The highest BCUT2D eigenvalue weighted by Crippen LogP contribution is 2.39. The van der Waals surface area contributed by atoms with Crippen molar-refractivity contribution in [3.05, 3.63) is 83.4 Å². The topological polar surface area (TPSA) is 53.1 Å². The molecule has 0 aliphatic carbocycles. The maximum absolute atomic E-state index is 14.0. The van der Waals surface area contributed by atoms with Crippen molar-refractivity contribution in [2.24, 2.45) is 0 Å². The number of benzene rings is 3. The van der Waals surface area contributed by atoms with Gasteiger partial charge in [-0.05, 0) is 60.9 Å². The van der Waals surface area contributed by atoms with Crippen molar-refractivity contribution in [1.29, 1.82) is 0 Å². The number of hydrogen-bond donors (Lipinski definition) is 0. The first kappa shape index (κ1) is 22.4. The fraction of sp³-hybridized carbons (Fsp3) is 0.259. The third kappa shape index (κ3) is 4.04. The Kier molecular flexibility index (Phi) is 6.09. The molecule has 1 heterocycles. The number of rotatable bonds is 5. The number of nitrogens with zero attached hydrogens (tertiary/aromatic N) is 3. The number of hydrogen-bond acceptors (Lipinski definition) is 4. The Morgan fingerprint density at radius 1 is 0.879 bits per heavy atom. The molecule has 1 unspecified atom stereocenters. The minimum atomic E-state index is -0.807. The van der Waals surface area contributed by atoms with Crippen LogP contribution >= 0.6 is 0 Å². The van der Waals surface area contributed by atoms with Gasteiger partial charge in [-0.3, -0.25) is 14.5 Å². The molecule has 33 heavy (non-hydrogen) atoms. The van der Waals surface area contributed by atoms with Crippen LogP contribution in [0.4, 0.5) is 17.1 Å². The van der Waals surface area contributed by atoms with Gasteiger partial charge in [0.25, 0.3) is 5.91 Å². The zero-order valence-corrected chi connectivity index (χ0v) is 19.7. The molecule has 0 saturated carbocycles. The van der Waals surface area contributed by atoms with E-state index in [0.29, 0.717) is 11.4 Å². The van der Waals surface area contributed by atoms with E-state index in [-0.39, 0.29) is 18.4 Å². The van der Waals surface area contributed by atoms with Crippen LogP contribution in [0.25, 0.3) is 0 Å². The van der Waals surface area contributed by atoms with Crippen molar-refractivity contribution >= 4 is 28.9 Å². The van der Waals surface area contributed by atoms with E-state index in [1.54, 1.807) is 23.0 Å². The van der Waals surface area contributed by atoms with Crippen molar-refractivity contribution in [3.63, 3.8) is 0 Å². The van der Waals surface area contributed by atoms with Gasteiger partial charge in [-0.15, -0.1) is 0 Å². The number of aryl methyl sites for hydroxylation is 1. The summed E-state index contributed by atoms with van der Waals surface area (Å²) in [5.74, 6) is 0.238. The van der Waals surface area contributed by atoms with E-state index in [1.165, 1.54) is 0 Å². The molecule has 4 rings (SSSR count). The minimum Gasteiger partial charge on any atom is -0.495 e. The molecule has 0 spiro atoms. The van der Waals surface area contributed by atoms with Crippen LogP contribution in [0.3, 0.4) is 0 Å². The SMILES string of the molecule is COc1ccccc1N1C(=O)CN(c2cccc(C)c2C)C(=O)C1c1ccc(N(C)C)cc1. The number of methoxy groups -OCH3 is 1. The molecule has 1 saturated heterocycles. The van der Waals surface area contributed by atoms with Crippen molar-refractivity contribution < 1.29 is 14.3 Å². The summed E-state index contributed by atoms with van der Waals surface area (Å²) in [5.41, 5.74) is 5.19. The molecule has 3 aromatic rings. The van der Waals surface area contributed by atoms with E-state index in [9.17, 15) is 9.59 Å². The molecule has 1 aliphatic heterocycles. The second-order valence-corrected chi connectivity index (χ2v) is 8.47. The highest BCUT2D eigenvalue weighted by atomic mass is 16.5. The van der Waals surface area contributed by atoms with Gasteiger partial charge >= 0.3 is 0 Å². The van der Waals surface area contributed by atoms with Gasteiger partial charge in [-0.1, -0.05) is 36.4 Å². The summed E-state index contributed by atoms with van der Waals surface area (Å²) in [6.45, 7) is 3.96. The molecule has 1 fully saturated rings. The van der Waals surface area contributed by atoms with Crippen molar-refractivity contribution in [2.45, 2.75) is 19.9 Å². The van der Waals surface area contributed by atoms with Gasteiger partial charge in [0.1, 0.15) is 18.3 Å². The number of ether oxygens (including phenoxy) is 1. The summed E-state index contributed by atoms with van der Waals surface area (Å²) in [6, 6.07) is 20.1. The Morgan fingerprint density at radius 3 is 2.21 bits per heavy atom. The number of para-hydroxylation sites is 2. The first-order chi connectivity index (χ1) is 15.8. The number of carbonyl (C=O) groups is 2. The van der Waals surface area contributed by atoms with E-state index in [1.807, 2.05) is 93.5 Å². The van der Waals surface area contributed by atoms with Gasteiger partial charge < -0.3 is 14.5 Å². The fourth-order valence-corrected chi connectivity index (χ4v) is 4.27. The van der Waals surface area contributed by atoms with Crippen LogP contribution in [-0.4, -0.2) is 39.6 Å². The third-order valence-electron chi connectivity index (χ3n) is 6.26. The summed E-state index contributed by atoms with van der Waals surface area (Å²) >= 11 is 0. The largest absolute Gasteiger partial charge is 0.495 e. The smallest absolute Gasteiger partial charge is 0.255 e. The first-order valence-electron chi connectivity index (χ1n) is 10.9. The minimum absolute atomic E-state index is 0.0343. The predicted octanol–water partition coefficient (Wildman–Crippen LogP) is 4.50. The van der Waals surface area contributed by atoms with E-state index in [0.717, 1.165) is 28.1 Å². The van der Waals surface area contributed by atoms with Gasteiger partial charge in [0.15, 0.2) is 0 Å². The summed E-state index contributed by atoms with van der Waals surface area (Å²) < 4.78 is 5.54. The first-order valence-corrected chi connectivity index (χ1v) is 10.9. The van der Waals surface area contributed by atoms with Gasteiger partial charge in [0.2, 0.25) is 5.91 Å². The molecule has 2 amide bonds. The summed E-state index contributed by atoms with van der Waals surface area (Å²) in [4.78, 5) is 32.8. The van der Waals surface area contributed by atoms with Crippen molar-refractivity contribution in [2.75, 3.05) is 42.4 Å². The maximum atomic E-state index is 14.0. The van der Waals surface area contributed by atoms with E-state index in [4.69, 9.17) is 4.74 Å². The lowest BCUT2D eigenvalue weighted by Gasteiger charge is -2.41. The van der Waals surface area contributed by atoms with Crippen LogP contribution in [0.15, 0.2) is 66.7 Å². The number of carbonyl (C=O) groups excluding carboxylic acids is 2. The van der Waals surface area contributed by atoms with E-state index in [2.05, 4.69) is 0 Å². The Labute approximate surface area is 195 Å². The molecule has 6 nitrogen and oxygen atoms in total. The van der Waals surface area contributed by atoms with Gasteiger partial charge in [0.05, 0.1) is 12.8 Å².